The van der Waals surface area contributed by atoms with Crippen molar-refractivity contribution >= 4 is 34.3 Å². The molecule has 2 aromatic heterocycles. The first-order valence-electron chi connectivity index (χ1n) is 11.7. The van der Waals surface area contributed by atoms with Crippen LogP contribution in [0.15, 0.2) is 28.7 Å². The fraction of sp³-hybridized carbons (Fsp3) is 0.435. The maximum Gasteiger partial charge on any atom is 0.405 e. The minimum Gasteiger partial charge on any atom is -0.403 e. The van der Waals surface area contributed by atoms with Crippen LogP contribution in [0.4, 0.5) is 29.1 Å². The van der Waals surface area contributed by atoms with Crippen LogP contribution in [0.2, 0.25) is 0 Å². The quantitative estimate of drug-likeness (QED) is 0.456. The van der Waals surface area contributed by atoms with Crippen molar-refractivity contribution < 1.29 is 31.9 Å². The summed E-state index contributed by atoms with van der Waals surface area (Å²) in [5, 5.41) is 12.8. The predicted octanol–water partition coefficient (Wildman–Crippen LogP) is 3.97. The molecular formula is C23H21F3N6O4S. The monoisotopic (exact) mass is 534 g/mol. The van der Waals surface area contributed by atoms with Crippen LogP contribution in [0.25, 0.3) is 11.5 Å². The number of carbonyl (C=O) groups is 2. The zero-order chi connectivity index (χ0) is 25.7. The molecule has 1 saturated heterocycles. The van der Waals surface area contributed by atoms with Crippen molar-refractivity contribution in [1.82, 2.24) is 20.5 Å². The number of nitrogens with zero attached hydrogens (tertiary/aromatic N) is 4. The van der Waals surface area contributed by atoms with Gasteiger partial charge in [-0.3, -0.25) is 10.1 Å². The molecule has 2 N–H and O–H groups in total. The molecule has 2 aliphatic heterocycles. The molecule has 6 rings (SSSR count). The van der Waals surface area contributed by atoms with Crippen LogP contribution >= 0.6 is 11.3 Å². The van der Waals surface area contributed by atoms with Gasteiger partial charge in [0.2, 0.25) is 5.89 Å². The van der Waals surface area contributed by atoms with Gasteiger partial charge in [-0.25, -0.2) is 9.78 Å². The van der Waals surface area contributed by atoms with Gasteiger partial charge in [0.05, 0.1) is 35.9 Å². The van der Waals surface area contributed by atoms with E-state index in [-0.39, 0.29) is 28.9 Å². The van der Waals surface area contributed by atoms with Gasteiger partial charge < -0.3 is 19.4 Å². The molecule has 194 valence electrons. The van der Waals surface area contributed by atoms with E-state index in [0.717, 1.165) is 23.4 Å². The molecule has 1 saturated carbocycles. The molecule has 2 atom stereocenters. The van der Waals surface area contributed by atoms with Crippen molar-refractivity contribution in [2.45, 2.75) is 37.5 Å². The third-order valence-corrected chi connectivity index (χ3v) is 7.54. The summed E-state index contributed by atoms with van der Waals surface area (Å²) in [5.74, 6) is 0.515. The van der Waals surface area contributed by atoms with Crippen molar-refractivity contribution in [3.63, 3.8) is 0 Å². The van der Waals surface area contributed by atoms with Crippen LogP contribution in [0.5, 0.6) is 0 Å². The molecular weight excluding hydrogens is 513 g/mol. The molecule has 1 aromatic carbocycles. The number of fused-ring (bicyclic) bond motifs is 4. The van der Waals surface area contributed by atoms with Gasteiger partial charge in [-0.1, -0.05) is 28.6 Å². The Morgan fingerprint density at radius 2 is 2.03 bits per heavy atom. The lowest BCUT2D eigenvalue weighted by molar-refractivity contribution is -0.122. The minimum absolute atomic E-state index is 0.102. The van der Waals surface area contributed by atoms with E-state index in [9.17, 15) is 22.8 Å². The summed E-state index contributed by atoms with van der Waals surface area (Å²) in [7, 11) is 0. The van der Waals surface area contributed by atoms with E-state index in [2.05, 4.69) is 20.5 Å². The average molecular weight is 535 g/mol. The van der Waals surface area contributed by atoms with Crippen LogP contribution in [0, 0.1) is 5.92 Å². The molecule has 10 nitrogen and oxygen atoms in total. The van der Waals surface area contributed by atoms with Crippen LogP contribution < -0.4 is 15.5 Å². The predicted molar refractivity (Wildman–Crippen MR) is 126 cm³/mol. The largest absolute Gasteiger partial charge is 0.405 e. The first-order chi connectivity index (χ1) is 17.7. The molecule has 37 heavy (non-hydrogen) atoms. The van der Waals surface area contributed by atoms with E-state index in [4.69, 9.17) is 9.15 Å². The highest BCUT2D eigenvalue weighted by atomic mass is 32.1. The van der Waals surface area contributed by atoms with Gasteiger partial charge in [0.15, 0.2) is 10.9 Å². The van der Waals surface area contributed by atoms with Gasteiger partial charge in [0.1, 0.15) is 6.54 Å². The van der Waals surface area contributed by atoms with E-state index in [1.165, 1.54) is 11.3 Å². The number of nitrogens with one attached hydrogen (secondary N) is 2. The molecule has 2 fully saturated rings. The fourth-order valence-corrected chi connectivity index (χ4v) is 5.64. The molecule has 2 unspecified atom stereocenters. The summed E-state index contributed by atoms with van der Waals surface area (Å²) in [6.45, 7) is -0.729. The number of benzene rings is 1. The van der Waals surface area contributed by atoms with Gasteiger partial charge in [0, 0.05) is 23.5 Å². The number of thiazole rings is 1. The minimum atomic E-state index is -4.51. The zero-order valence-corrected chi connectivity index (χ0v) is 20.1. The number of aromatic nitrogens is 3. The number of hydrogen-bond acceptors (Lipinski definition) is 9. The van der Waals surface area contributed by atoms with Gasteiger partial charge in [0.25, 0.3) is 0 Å². The van der Waals surface area contributed by atoms with Crippen LogP contribution in [0.1, 0.15) is 39.8 Å². The summed E-state index contributed by atoms with van der Waals surface area (Å²) in [4.78, 5) is 31.6. The van der Waals surface area contributed by atoms with Crippen molar-refractivity contribution in [2.24, 2.45) is 5.92 Å². The Bertz CT molecular complexity index is 1350. The molecule has 4 heterocycles. The maximum absolute atomic E-state index is 12.5. The number of carbonyl (C=O) groups excluding carboxylic acids is 2. The molecule has 0 spiro atoms. The third kappa shape index (κ3) is 4.90. The summed E-state index contributed by atoms with van der Waals surface area (Å²) in [6, 6.07) is 5.99. The number of morpholine rings is 1. The Labute approximate surface area is 212 Å². The van der Waals surface area contributed by atoms with Crippen molar-refractivity contribution in [1.29, 1.82) is 0 Å². The Balaban J connectivity index is 1.21. The summed E-state index contributed by atoms with van der Waals surface area (Å²) >= 11 is 1.17. The normalized spacial score (nSPS) is 20.9. The summed E-state index contributed by atoms with van der Waals surface area (Å²) in [6.07, 6.45) is -2.20. The molecule has 0 radical (unpaired) electrons. The summed E-state index contributed by atoms with van der Waals surface area (Å²) in [5.41, 5.74) is 2.02. The van der Waals surface area contributed by atoms with E-state index in [1.807, 2.05) is 11.0 Å². The summed E-state index contributed by atoms with van der Waals surface area (Å²) < 4.78 is 48.9. The standard InChI is InChI=1S/C23H21F3N6O4S/c24-23(25,26)10-27-20(34)29-21-28-15-7-14-8-35-9-16(18(15)37-21)32(14)22-31-30-19(36-22)13-3-1-2-12(6-13)17(33)11-4-5-11/h1-3,6,11,14,16H,4-5,7-10H2,(H2,27,28,29,34). The van der Waals surface area contributed by atoms with Gasteiger partial charge in [-0.2, -0.15) is 13.2 Å². The lowest BCUT2D eigenvalue weighted by atomic mass is 9.97. The van der Waals surface area contributed by atoms with Gasteiger partial charge in [-0.05, 0) is 25.0 Å². The highest BCUT2D eigenvalue weighted by Gasteiger charge is 2.43. The number of halogens is 3. The van der Waals surface area contributed by atoms with Gasteiger partial charge >= 0.3 is 18.2 Å². The van der Waals surface area contributed by atoms with E-state index >= 15 is 0 Å². The topological polar surface area (TPSA) is 122 Å². The number of alkyl halides is 3. The van der Waals surface area contributed by atoms with E-state index in [1.54, 1.807) is 23.5 Å². The second kappa shape index (κ2) is 9.10. The Hall–Kier alpha value is -3.52. The smallest absolute Gasteiger partial charge is 0.403 e. The molecule has 2 amide bonds. The Morgan fingerprint density at radius 1 is 1.19 bits per heavy atom. The number of Topliss-reactive ketones (excluding diaryl/α,β-unsaturated/α-hetero) is 1. The number of rotatable bonds is 6. The van der Waals surface area contributed by atoms with Crippen LogP contribution in [-0.4, -0.2) is 59.0 Å². The maximum atomic E-state index is 12.5. The van der Waals surface area contributed by atoms with E-state index in [0.29, 0.717) is 42.7 Å². The molecule has 14 heteroatoms. The van der Waals surface area contributed by atoms with Crippen molar-refractivity contribution in [3.05, 3.63) is 40.4 Å². The lowest BCUT2D eigenvalue weighted by Crippen LogP contribution is -2.51. The SMILES string of the molecule is O=C(NCC(F)(F)F)Nc1nc2c(s1)C1COCC(C2)N1c1nnc(-c2cccc(C(=O)C3CC3)c2)o1. The number of ether oxygens (including phenoxy) is 1. The molecule has 1 aliphatic carbocycles. The lowest BCUT2D eigenvalue weighted by Gasteiger charge is -2.43. The van der Waals surface area contributed by atoms with Crippen molar-refractivity contribution in [3.8, 4) is 11.5 Å². The van der Waals surface area contributed by atoms with E-state index < -0.39 is 18.8 Å². The number of hydrogen-bond donors (Lipinski definition) is 2. The van der Waals surface area contributed by atoms with Crippen LogP contribution in [-0.2, 0) is 11.2 Å². The average Bonchev–Trinajstić information content (AvgIpc) is 3.46. The first kappa shape index (κ1) is 23.9. The number of urea groups is 1. The fourth-order valence-electron chi connectivity index (χ4n) is 4.57. The van der Waals surface area contributed by atoms with Gasteiger partial charge in [-0.15, -0.1) is 5.10 Å². The number of ketones is 1. The number of amides is 2. The number of anilines is 2. The third-order valence-electron chi connectivity index (χ3n) is 6.42. The second-order valence-corrected chi connectivity index (χ2v) is 10.2. The Kier molecular flexibility index (Phi) is 5.87. The molecule has 2 bridgehead atoms. The van der Waals surface area contributed by atoms with Crippen LogP contribution in [0.3, 0.4) is 0 Å². The molecule has 3 aromatic rings. The highest BCUT2D eigenvalue weighted by molar-refractivity contribution is 7.16. The first-order valence-corrected chi connectivity index (χ1v) is 12.5. The molecule has 3 aliphatic rings. The van der Waals surface area contributed by atoms with Crippen molar-refractivity contribution in [2.75, 3.05) is 30.0 Å². The second-order valence-electron chi connectivity index (χ2n) is 9.18. The highest BCUT2D eigenvalue weighted by Crippen LogP contribution is 2.43. The Morgan fingerprint density at radius 3 is 2.81 bits per heavy atom. The zero-order valence-electron chi connectivity index (χ0n) is 19.2.